The molecule has 1 aromatic rings. The van der Waals surface area contributed by atoms with Crippen LogP contribution in [0.3, 0.4) is 0 Å². The Morgan fingerprint density at radius 3 is 2.54 bits per heavy atom. The lowest BCUT2D eigenvalue weighted by atomic mass is 10.1. The van der Waals surface area contributed by atoms with Crippen molar-refractivity contribution in [2.75, 3.05) is 6.73 Å². The van der Waals surface area contributed by atoms with E-state index in [1.165, 1.54) is 6.08 Å². The molecule has 0 spiro atoms. The maximum Gasteiger partial charge on any atom is 0.238 e. The van der Waals surface area contributed by atoms with Crippen molar-refractivity contribution in [2.45, 2.75) is 13.8 Å². The molecule has 0 heterocycles. The van der Waals surface area contributed by atoms with Crippen LogP contribution in [0.4, 0.5) is 0 Å². The Labute approximate surface area is 77.1 Å². The normalized spacial score (nSPS) is 9.08. The predicted octanol–water partition coefficient (Wildman–Crippen LogP) is 1.98. The van der Waals surface area contributed by atoms with Crippen LogP contribution in [0.1, 0.15) is 11.1 Å². The molecule has 13 heavy (non-hydrogen) atoms. The van der Waals surface area contributed by atoms with Crippen LogP contribution in [0.2, 0.25) is 0 Å². The van der Waals surface area contributed by atoms with Gasteiger partial charge in [-0.25, -0.2) is 4.79 Å². The molecule has 0 aromatic heterocycles. The predicted molar refractivity (Wildman–Crippen MR) is 49.5 cm³/mol. The SMILES string of the molecule is Cc1cccc(C)c1OCN=C=O. The van der Waals surface area contributed by atoms with E-state index in [0.29, 0.717) is 0 Å². The van der Waals surface area contributed by atoms with Crippen LogP contribution in [0.25, 0.3) is 0 Å². The van der Waals surface area contributed by atoms with Crippen molar-refractivity contribution >= 4 is 6.08 Å². The fourth-order valence-electron chi connectivity index (χ4n) is 1.15. The fraction of sp³-hybridized carbons (Fsp3) is 0.300. The molecule has 0 amide bonds. The largest absolute Gasteiger partial charge is 0.470 e. The van der Waals surface area contributed by atoms with Gasteiger partial charge in [0.05, 0.1) is 0 Å². The molecule has 68 valence electrons. The summed E-state index contributed by atoms with van der Waals surface area (Å²) in [6.45, 7) is 3.94. The first-order chi connectivity index (χ1) is 6.25. The van der Waals surface area contributed by atoms with Crippen LogP contribution in [0, 0.1) is 13.8 Å². The molecule has 0 aliphatic rings. The number of hydrogen-bond donors (Lipinski definition) is 0. The van der Waals surface area contributed by atoms with Gasteiger partial charge in [0.15, 0.2) is 6.73 Å². The van der Waals surface area contributed by atoms with E-state index in [2.05, 4.69) is 4.99 Å². The van der Waals surface area contributed by atoms with Gasteiger partial charge in [0.2, 0.25) is 6.08 Å². The summed E-state index contributed by atoms with van der Waals surface area (Å²) in [5.74, 6) is 0.793. The van der Waals surface area contributed by atoms with Crippen molar-refractivity contribution < 1.29 is 9.53 Å². The Bertz CT molecular complexity index is 321. The zero-order chi connectivity index (χ0) is 9.68. The number of benzene rings is 1. The van der Waals surface area contributed by atoms with E-state index < -0.39 is 0 Å². The molecule has 0 unspecified atom stereocenters. The highest BCUT2D eigenvalue weighted by molar-refractivity contribution is 5.40. The van der Waals surface area contributed by atoms with Gasteiger partial charge in [0.1, 0.15) is 5.75 Å². The number of ether oxygens (including phenoxy) is 1. The Balaban J connectivity index is 2.80. The van der Waals surface area contributed by atoms with Crippen LogP contribution in [-0.2, 0) is 4.79 Å². The summed E-state index contributed by atoms with van der Waals surface area (Å²) in [4.78, 5) is 13.1. The van der Waals surface area contributed by atoms with E-state index in [-0.39, 0.29) is 6.73 Å². The van der Waals surface area contributed by atoms with Crippen molar-refractivity contribution in [3.8, 4) is 5.75 Å². The van der Waals surface area contributed by atoms with E-state index in [4.69, 9.17) is 4.74 Å². The number of carbonyl (C=O) groups excluding carboxylic acids is 1. The maximum atomic E-state index is 9.79. The highest BCUT2D eigenvalue weighted by Crippen LogP contribution is 2.21. The molecule has 0 bridgehead atoms. The van der Waals surface area contributed by atoms with Gasteiger partial charge in [0, 0.05) is 0 Å². The molecular formula is C10H11NO2. The number of rotatable bonds is 3. The summed E-state index contributed by atoms with van der Waals surface area (Å²) in [6, 6.07) is 5.86. The van der Waals surface area contributed by atoms with Crippen LogP contribution in [0.5, 0.6) is 5.75 Å². The van der Waals surface area contributed by atoms with Crippen molar-refractivity contribution in [3.05, 3.63) is 29.3 Å². The first-order valence-corrected chi connectivity index (χ1v) is 3.98. The average Bonchev–Trinajstić information content (AvgIpc) is 2.10. The zero-order valence-corrected chi connectivity index (χ0v) is 7.70. The lowest BCUT2D eigenvalue weighted by Gasteiger charge is -2.08. The smallest absolute Gasteiger partial charge is 0.238 e. The third-order valence-electron chi connectivity index (χ3n) is 1.75. The third kappa shape index (κ3) is 2.42. The Morgan fingerprint density at radius 1 is 1.38 bits per heavy atom. The number of isocyanates is 1. The highest BCUT2D eigenvalue weighted by Gasteiger charge is 2.01. The first-order valence-electron chi connectivity index (χ1n) is 3.98. The number of aliphatic imine (C=N–C) groups is 1. The lowest BCUT2D eigenvalue weighted by molar-refractivity contribution is 0.326. The molecule has 0 saturated carbocycles. The summed E-state index contributed by atoms with van der Waals surface area (Å²) in [5.41, 5.74) is 2.09. The summed E-state index contributed by atoms with van der Waals surface area (Å²) in [5, 5.41) is 0. The molecule has 1 rings (SSSR count). The highest BCUT2D eigenvalue weighted by atomic mass is 16.5. The topological polar surface area (TPSA) is 38.7 Å². The van der Waals surface area contributed by atoms with Crippen LogP contribution in [0.15, 0.2) is 23.2 Å². The molecule has 0 aliphatic carbocycles. The fourth-order valence-corrected chi connectivity index (χ4v) is 1.15. The molecule has 0 N–H and O–H groups in total. The van der Waals surface area contributed by atoms with Crippen molar-refractivity contribution in [1.29, 1.82) is 0 Å². The van der Waals surface area contributed by atoms with Gasteiger partial charge in [-0.3, -0.25) is 0 Å². The second-order valence-corrected chi connectivity index (χ2v) is 2.74. The van der Waals surface area contributed by atoms with Gasteiger partial charge in [-0.05, 0) is 25.0 Å². The Kier molecular flexibility index (Phi) is 3.23. The summed E-state index contributed by atoms with van der Waals surface area (Å²) in [7, 11) is 0. The number of hydrogen-bond acceptors (Lipinski definition) is 3. The quantitative estimate of drug-likeness (QED) is 0.523. The van der Waals surface area contributed by atoms with Crippen molar-refractivity contribution in [3.63, 3.8) is 0 Å². The van der Waals surface area contributed by atoms with Crippen molar-refractivity contribution in [1.82, 2.24) is 0 Å². The number of aryl methyl sites for hydroxylation is 2. The van der Waals surface area contributed by atoms with Gasteiger partial charge >= 0.3 is 0 Å². The molecule has 0 radical (unpaired) electrons. The molecule has 0 aliphatic heterocycles. The van der Waals surface area contributed by atoms with Crippen molar-refractivity contribution in [2.24, 2.45) is 4.99 Å². The van der Waals surface area contributed by atoms with E-state index in [9.17, 15) is 4.79 Å². The maximum absolute atomic E-state index is 9.79. The molecular weight excluding hydrogens is 166 g/mol. The Hall–Kier alpha value is -1.60. The molecule has 3 heteroatoms. The minimum Gasteiger partial charge on any atom is -0.470 e. The van der Waals surface area contributed by atoms with Crippen LogP contribution >= 0.6 is 0 Å². The minimum absolute atomic E-state index is 0.0369. The molecule has 0 fully saturated rings. The molecule has 3 nitrogen and oxygen atoms in total. The second kappa shape index (κ2) is 4.43. The van der Waals surface area contributed by atoms with E-state index >= 15 is 0 Å². The standard InChI is InChI=1S/C10H11NO2/c1-8-4-3-5-9(2)10(8)13-7-11-6-12/h3-5H,7H2,1-2H3. The Morgan fingerprint density at radius 2 is 2.00 bits per heavy atom. The van der Waals surface area contributed by atoms with Gasteiger partial charge in [-0.15, -0.1) is 0 Å². The first kappa shape index (κ1) is 9.49. The van der Waals surface area contributed by atoms with E-state index in [1.807, 2.05) is 32.0 Å². The third-order valence-corrected chi connectivity index (χ3v) is 1.75. The summed E-state index contributed by atoms with van der Waals surface area (Å²) < 4.78 is 5.28. The van der Waals surface area contributed by atoms with Gasteiger partial charge in [-0.2, -0.15) is 4.99 Å². The molecule has 0 atom stereocenters. The van der Waals surface area contributed by atoms with E-state index in [1.54, 1.807) is 0 Å². The summed E-state index contributed by atoms with van der Waals surface area (Å²) in [6.07, 6.45) is 1.43. The second-order valence-electron chi connectivity index (χ2n) is 2.74. The number of para-hydroxylation sites is 1. The average molecular weight is 177 g/mol. The lowest BCUT2D eigenvalue weighted by Crippen LogP contribution is -1.97. The minimum atomic E-state index is 0.0369. The van der Waals surface area contributed by atoms with Crippen LogP contribution < -0.4 is 4.74 Å². The number of nitrogens with zero attached hydrogens (tertiary/aromatic N) is 1. The van der Waals surface area contributed by atoms with Gasteiger partial charge in [-0.1, -0.05) is 18.2 Å². The van der Waals surface area contributed by atoms with Gasteiger partial charge < -0.3 is 4.74 Å². The molecule has 0 saturated heterocycles. The van der Waals surface area contributed by atoms with Gasteiger partial charge in [0.25, 0.3) is 0 Å². The zero-order valence-electron chi connectivity index (χ0n) is 7.70. The molecule has 1 aromatic carbocycles. The van der Waals surface area contributed by atoms with Crippen LogP contribution in [-0.4, -0.2) is 12.8 Å². The monoisotopic (exact) mass is 177 g/mol. The van der Waals surface area contributed by atoms with E-state index in [0.717, 1.165) is 16.9 Å². The summed E-state index contributed by atoms with van der Waals surface area (Å²) >= 11 is 0.